The monoisotopic (exact) mass is 351 g/mol. The molecule has 2 fully saturated rings. The van der Waals surface area contributed by atoms with Crippen molar-refractivity contribution in [3.8, 4) is 0 Å². The van der Waals surface area contributed by atoms with Crippen LogP contribution >= 0.6 is 36.2 Å². The maximum absolute atomic E-state index is 12.6. The number of nitrogens with zero attached hydrogens (tertiary/aromatic N) is 2. The minimum absolute atomic E-state index is 0. The van der Waals surface area contributed by atoms with Crippen molar-refractivity contribution in [2.75, 3.05) is 7.05 Å². The van der Waals surface area contributed by atoms with Gasteiger partial charge in [-0.25, -0.2) is 4.98 Å². The first-order valence-corrected chi connectivity index (χ1v) is 7.79. The van der Waals surface area contributed by atoms with Crippen LogP contribution in [0.2, 0.25) is 0 Å². The summed E-state index contributed by atoms with van der Waals surface area (Å²) in [6.45, 7) is 2.65. The van der Waals surface area contributed by atoms with Crippen LogP contribution in [0.5, 0.6) is 0 Å². The highest BCUT2D eigenvalue weighted by Crippen LogP contribution is 2.48. The van der Waals surface area contributed by atoms with E-state index in [1.165, 1.54) is 12.8 Å². The van der Waals surface area contributed by atoms with E-state index in [9.17, 15) is 4.79 Å². The number of carbonyl (C=O) groups excluding carboxylic acids is 1. The molecule has 2 bridgehead atoms. The summed E-state index contributed by atoms with van der Waals surface area (Å²) in [6, 6.07) is 0.0805. The van der Waals surface area contributed by atoms with E-state index >= 15 is 0 Å². The summed E-state index contributed by atoms with van der Waals surface area (Å²) in [5, 5.41) is 1.05. The topological polar surface area (TPSA) is 59.2 Å². The first-order chi connectivity index (χ1) is 9.06. The summed E-state index contributed by atoms with van der Waals surface area (Å²) in [4.78, 5) is 19.8. The van der Waals surface area contributed by atoms with Gasteiger partial charge in [-0.3, -0.25) is 4.79 Å². The number of rotatable bonds is 3. The lowest BCUT2D eigenvalue weighted by Gasteiger charge is -2.30. The van der Waals surface area contributed by atoms with Gasteiger partial charge >= 0.3 is 0 Å². The van der Waals surface area contributed by atoms with E-state index in [-0.39, 0.29) is 42.7 Å². The predicted octanol–water partition coefficient (Wildman–Crippen LogP) is 2.63. The van der Waals surface area contributed by atoms with E-state index in [0.717, 1.165) is 16.3 Å². The standard InChI is InChI=1S/C14H21N3OS.2ClH/c1-8-16-6-11(19-8)7-17(2)14(18)12-9-3-4-10(5-9)13(12)15;;/h6,9-10,12-13H,3-5,7,15H2,1-2H3;2*1H. The summed E-state index contributed by atoms with van der Waals surface area (Å²) in [7, 11) is 1.89. The van der Waals surface area contributed by atoms with Gasteiger partial charge in [0.25, 0.3) is 0 Å². The normalized spacial score (nSPS) is 29.7. The van der Waals surface area contributed by atoms with Gasteiger partial charge in [-0.2, -0.15) is 0 Å². The molecule has 2 saturated carbocycles. The van der Waals surface area contributed by atoms with Crippen molar-refractivity contribution in [2.24, 2.45) is 23.5 Å². The first kappa shape index (κ1) is 18.7. The molecule has 3 rings (SSSR count). The van der Waals surface area contributed by atoms with Crippen molar-refractivity contribution in [3.05, 3.63) is 16.1 Å². The van der Waals surface area contributed by atoms with Crippen molar-refractivity contribution in [1.29, 1.82) is 0 Å². The van der Waals surface area contributed by atoms with Crippen LogP contribution in [0.25, 0.3) is 0 Å². The summed E-state index contributed by atoms with van der Waals surface area (Å²) >= 11 is 1.66. The van der Waals surface area contributed by atoms with E-state index in [1.807, 2.05) is 25.1 Å². The highest BCUT2D eigenvalue weighted by atomic mass is 35.5. The van der Waals surface area contributed by atoms with Crippen molar-refractivity contribution in [1.82, 2.24) is 9.88 Å². The minimum Gasteiger partial charge on any atom is -0.340 e. The highest BCUT2D eigenvalue weighted by molar-refractivity contribution is 7.11. The summed E-state index contributed by atoms with van der Waals surface area (Å²) in [5.74, 6) is 1.39. The smallest absolute Gasteiger partial charge is 0.227 e. The third-order valence-electron chi connectivity index (χ3n) is 4.70. The second kappa shape index (κ2) is 7.27. The third-order valence-corrected chi connectivity index (χ3v) is 5.60. The molecule has 21 heavy (non-hydrogen) atoms. The van der Waals surface area contributed by atoms with E-state index in [4.69, 9.17) is 5.73 Å². The number of fused-ring (bicyclic) bond motifs is 2. The van der Waals surface area contributed by atoms with Crippen LogP contribution in [-0.2, 0) is 11.3 Å². The Balaban J connectivity index is 0.00000110. The van der Waals surface area contributed by atoms with Gasteiger partial charge in [0.2, 0.25) is 5.91 Å². The minimum atomic E-state index is 0. The molecule has 1 amide bonds. The summed E-state index contributed by atoms with van der Waals surface area (Å²) < 4.78 is 0. The van der Waals surface area contributed by atoms with Crippen LogP contribution < -0.4 is 5.73 Å². The van der Waals surface area contributed by atoms with Crippen molar-refractivity contribution < 1.29 is 4.79 Å². The Morgan fingerprint density at radius 2 is 2.10 bits per heavy atom. The van der Waals surface area contributed by atoms with Gasteiger partial charge in [0.05, 0.1) is 17.5 Å². The van der Waals surface area contributed by atoms with Gasteiger partial charge in [0.1, 0.15) is 0 Å². The maximum atomic E-state index is 12.6. The summed E-state index contributed by atoms with van der Waals surface area (Å²) in [5.41, 5.74) is 6.24. The fourth-order valence-electron chi connectivity index (χ4n) is 3.75. The predicted molar refractivity (Wildman–Crippen MR) is 90.1 cm³/mol. The number of aryl methyl sites for hydroxylation is 1. The molecular weight excluding hydrogens is 329 g/mol. The number of halogens is 2. The molecule has 2 N–H and O–H groups in total. The molecule has 0 spiro atoms. The van der Waals surface area contributed by atoms with Crippen LogP contribution in [-0.4, -0.2) is 28.9 Å². The number of nitrogens with two attached hydrogens (primary N) is 1. The molecule has 2 aliphatic rings. The maximum Gasteiger partial charge on any atom is 0.227 e. The largest absolute Gasteiger partial charge is 0.340 e. The van der Waals surface area contributed by atoms with Crippen LogP contribution in [0, 0.1) is 24.7 Å². The molecule has 0 radical (unpaired) electrons. The Labute approximate surface area is 142 Å². The van der Waals surface area contributed by atoms with Gasteiger partial charge in [-0.15, -0.1) is 36.2 Å². The zero-order valence-electron chi connectivity index (χ0n) is 12.3. The number of carbonyl (C=O) groups is 1. The lowest BCUT2D eigenvalue weighted by molar-refractivity contribution is -0.136. The molecule has 7 heteroatoms. The third kappa shape index (κ3) is 3.52. The Hall–Kier alpha value is -0.360. The van der Waals surface area contributed by atoms with Crippen molar-refractivity contribution in [3.63, 3.8) is 0 Å². The zero-order chi connectivity index (χ0) is 13.6. The molecule has 2 aliphatic carbocycles. The van der Waals surface area contributed by atoms with Crippen LogP contribution in [0.3, 0.4) is 0 Å². The molecular formula is C14H23Cl2N3OS. The first-order valence-electron chi connectivity index (χ1n) is 6.98. The fraction of sp³-hybridized carbons (Fsp3) is 0.714. The Morgan fingerprint density at radius 1 is 1.43 bits per heavy atom. The molecule has 4 atom stereocenters. The number of thiazole rings is 1. The summed E-state index contributed by atoms with van der Waals surface area (Å²) in [6.07, 6.45) is 5.42. The van der Waals surface area contributed by atoms with Crippen molar-refractivity contribution in [2.45, 2.75) is 38.8 Å². The molecule has 0 saturated heterocycles. The molecule has 1 aromatic rings. The van der Waals surface area contributed by atoms with E-state index in [2.05, 4.69) is 4.98 Å². The Bertz CT molecular complexity index is 494. The average Bonchev–Trinajstić information content (AvgIpc) is 3.05. The van der Waals surface area contributed by atoms with Gasteiger partial charge in [-0.1, -0.05) is 0 Å². The molecule has 0 aromatic carbocycles. The van der Waals surface area contributed by atoms with E-state index < -0.39 is 0 Å². The molecule has 1 aromatic heterocycles. The Kier molecular flexibility index (Phi) is 6.47. The number of aromatic nitrogens is 1. The van der Waals surface area contributed by atoms with E-state index in [0.29, 0.717) is 18.4 Å². The quantitative estimate of drug-likeness (QED) is 0.910. The average molecular weight is 352 g/mol. The SMILES string of the molecule is Cc1ncc(CN(C)C(=O)C2C3CCC(C3)C2N)s1.Cl.Cl. The number of hydrogen-bond donors (Lipinski definition) is 1. The molecule has 120 valence electrons. The van der Waals surface area contributed by atoms with Gasteiger partial charge in [-0.05, 0) is 38.0 Å². The fourth-order valence-corrected chi connectivity index (χ4v) is 4.60. The zero-order valence-corrected chi connectivity index (χ0v) is 14.8. The second-order valence-corrected chi connectivity index (χ2v) is 7.30. The van der Waals surface area contributed by atoms with E-state index in [1.54, 1.807) is 11.3 Å². The van der Waals surface area contributed by atoms with Gasteiger partial charge in [0, 0.05) is 24.2 Å². The second-order valence-electron chi connectivity index (χ2n) is 5.98. The van der Waals surface area contributed by atoms with Gasteiger partial charge in [0.15, 0.2) is 0 Å². The Morgan fingerprint density at radius 3 is 2.62 bits per heavy atom. The lowest BCUT2D eigenvalue weighted by Crippen LogP contribution is -2.45. The molecule has 4 nitrogen and oxygen atoms in total. The number of amides is 1. The molecule has 0 aliphatic heterocycles. The van der Waals surface area contributed by atoms with Crippen molar-refractivity contribution >= 4 is 42.1 Å². The van der Waals surface area contributed by atoms with Gasteiger partial charge < -0.3 is 10.6 Å². The van der Waals surface area contributed by atoms with Crippen LogP contribution in [0.4, 0.5) is 0 Å². The lowest BCUT2D eigenvalue weighted by atomic mass is 9.84. The highest BCUT2D eigenvalue weighted by Gasteiger charge is 2.49. The molecule has 1 heterocycles. The molecule has 4 unspecified atom stereocenters. The van der Waals surface area contributed by atoms with Crippen LogP contribution in [0.1, 0.15) is 29.1 Å². The number of hydrogen-bond acceptors (Lipinski definition) is 4. The van der Waals surface area contributed by atoms with Crippen LogP contribution in [0.15, 0.2) is 6.20 Å².